The van der Waals surface area contributed by atoms with Gasteiger partial charge in [0.2, 0.25) is 5.91 Å². The number of carbonyl (C=O) groups is 1. The molecular weight excluding hydrogens is 268 g/mol. The predicted octanol–water partition coefficient (Wildman–Crippen LogP) is 2.91. The minimum atomic E-state index is -0.0906. The fourth-order valence-electron chi connectivity index (χ4n) is 2.12. The first kappa shape index (κ1) is 12.6. The second-order valence-corrected chi connectivity index (χ2v) is 5.27. The van der Waals surface area contributed by atoms with Crippen molar-refractivity contribution in [1.82, 2.24) is 0 Å². The monoisotopic (exact) mass is 280 g/mol. The Morgan fingerprint density at radius 2 is 2.25 bits per heavy atom. The summed E-state index contributed by atoms with van der Waals surface area (Å²) in [6, 6.07) is 9.78. The maximum atomic E-state index is 11.7. The van der Waals surface area contributed by atoms with E-state index < -0.39 is 0 Å². The number of anilines is 1. The third-order valence-corrected chi connectivity index (χ3v) is 3.83. The molecule has 0 bridgehead atoms. The van der Waals surface area contributed by atoms with E-state index in [-0.39, 0.29) is 12.5 Å². The SMILES string of the molecule is CC#Cc1ccc2c(c1)C(c1cccs1)=NCC(=O)N2. The topological polar surface area (TPSA) is 41.5 Å². The van der Waals surface area contributed by atoms with Crippen LogP contribution >= 0.6 is 11.3 Å². The summed E-state index contributed by atoms with van der Waals surface area (Å²) in [5, 5.41) is 4.89. The molecule has 20 heavy (non-hydrogen) atoms. The van der Waals surface area contributed by atoms with E-state index in [0.717, 1.165) is 27.4 Å². The minimum absolute atomic E-state index is 0.0906. The molecule has 3 rings (SSSR count). The molecule has 3 nitrogen and oxygen atoms in total. The summed E-state index contributed by atoms with van der Waals surface area (Å²) in [6.07, 6.45) is 0. The lowest BCUT2D eigenvalue weighted by Crippen LogP contribution is -2.13. The zero-order valence-electron chi connectivity index (χ0n) is 10.9. The number of thiophene rings is 1. The maximum absolute atomic E-state index is 11.7. The smallest absolute Gasteiger partial charge is 0.246 e. The van der Waals surface area contributed by atoms with Crippen molar-refractivity contribution in [2.75, 3.05) is 11.9 Å². The molecule has 0 atom stereocenters. The zero-order valence-corrected chi connectivity index (χ0v) is 11.8. The molecule has 4 heteroatoms. The van der Waals surface area contributed by atoms with Gasteiger partial charge >= 0.3 is 0 Å². The number of nitrogens with one attached hydrogen (secondary N) is 1. The number of benzodiazepines with no additional fused rings is 1. The second-order valence-electron chi connectivity index (χ2n) is 4.33. The van der Waals surface area contributed by atoms with Crippen molar-refractivity contribution in [3.8, 4) is 11.8 Å². The van der Waals surface area contributed by atoms with Crippen LogP contribution < -0.4 is 5.32 Å². The average molecular weight is 280 g/mol. The standard InChI is InChI=1S/C16H12N2OS/c1-2-4-11-6-7-13-12(9-11)16(14-5-3-8-20-14)17-10-15(19)18-13/h3,5-9H,10H2,1H3,(H,18,19). The first-order valence-corrected chi connectivity index (χ1v) is 7.11. The highest BCUT2D eigenvalue weighted by Crippen LogP contribution is 2.25. The molecule has 2 heterocycles. The molecule has 98 valence electrons. The van der Waals surface area contributed by atoms with E-state index >= 15 is 0 Å². The number of hydrogen-bond acceptors (Lipinski definition) is 3. The first-order valence-electron chi connectivity index (χ1n) is 6.23. The number of rotatable bonds is 1. The molecule has 1 aliphatic heterocycles. The number of carbonyl (C=O) groups excluding carboxylic acids is 1. The van der Waals surface area contributed by atoms with Gasteiger partial charge in [-0.1, -0.05) is 12.0 Å². The van der Waals surface area contributed by atoms with E-state index in [9.17, 15) is 4.79 Å². The van der Waals surface area contributed by atoms with Crippen LogP contribution in [-0.2, 0) is 4.79 Å². The number of benzene rings is 1. The Labute approximate surface area is 121 Å². The second kappa shape index (κ2) is 5.32. The Hall–Kier alpha value is -2.38. The van der Waals surface area contributed by atoms with Crippen LogP contribution in [0.5, 0.6) is 0 Å². The van der Waals surface area contributed by atoms with E-state index in [2.05, 4.69) is 22.2 Å². The van der Waals surface area contributed by atoms with Crippen LogP contribution in [0.3, 0.4) is 0 Å². The summed E-state index contributed by atoms with van der Waals surface area (Å²) >= 11 is 1.62. The lowest BCUT2D eigenvalue weighted by Gasteiger charge is -2.09. The third kappa shape index (κ3) is 2.36. The summed E-state index contributed by atoms with van der Waals surface area (Å²) < 4.78 is 0. The van der Waals surface area contributed by atoms with Gasteiger partial charge in [-0.3, -0.25) is 9.79 Å². The summed E-state index contributed by atoms with van der Waals surface area (Å²) in [5.74, 6) is 5.84. The molecule has 1 aromatic carbocycles. The summed E-state index contributed by atoms with van der Waals surface area (Å²) in [6.45, 7) is 1.96. The molecular formula is C16H12N2OS. The molecule has 1 amide bonds. The largest absolute Gasteiger partial charge is 0.324 e. The van der Waals surface area contributed by atoms with E-state index in [1.54, 1.807) is 11.3 Å². The fraction of sp³-hybridized carbons (Fsp3) is 0.125. The fourth-order valence-corrected chi connectivity index (χ4v) is 2.87. The van der Waals surface area contributed by atoms with Gasteiger partial charge in [-0.05, 0) is 36.6 Å². The number of aliphatic imine (C=N–C) groups is 1. The lowest BCUT2D eigenvalue weighted by atomic mass is 10.0. The van der Waals surface area contributed by atoms with E-state index in [4.69, 9.17) is 0 Å². The lowest BCUT2D eigenvalue weighted by molar-refractivity contribution is -0.114. The molecule has 1 aromatic heterocycles. The molecule has 0 fully saturated rings. The molecule has 1 aliphatic rings. The van der Waals surface area contributed by atoms with Crippen molar-refractivity contribution >= 4 is 28.6 Å². The van der Waals surface area contributed by atoms with Crippen molar-refractivity contribution in [3.05, 3.63) is 51.7 Å². The quantitative estimate of drug-likeness (QED) is 0.802. The van der Waals surface area contributed by atoms with E-state index in [1.807, 2.05) is 42.6 Å². The molecule has 0 saturated heterocycles. The Bertz CT molecular complexity index is 749. The Kier molecular flexibility index (Phi) is 3.36. The van der Waals surface area contributed by atoms with Crippen LogP contribution in [0.15, 0.2) is 40.7 Å². The summed E-state index contributed by atoms with van der Waals surface area (Å²) in [5.41, 5.74) is 3.50. The number of fused-ring (bicyclic) bond motifs is 1. The molecule has 0 saturated carbocycles. The van der Waals surface area contributed by atoms with E-state index in [0.29, 0.717) is 0 Å². The highest BCUT2D eigenvalue weighted by atomic mass is 32.1. The molecule has 0 unspecified atom stereocenters. The zero-order chi connectivity index (χ0) is 13.9. The Balaban J connectivity index is 2.19. The van der Waals surface area contributed by atoms with Crippen molar-refractivity contribution in [1.29, 1.82) is 0 Å². The van der Waals surface area contributed by atoms with Crippen molar-refractivity contribution in [2.45, 2.75) is 6.92 Å². The third-order valence-electron chi connectivity index (χ3n) is 2.95. The number of hydrogen-bond donors (Lipinski definition) is 1. The molecule has 0 spiro atoms. The van der Waals surface area contributed by atoms with Crippen LogP contribution in [0.2, 0.25) is 0 Å². The van der Waals surface area contributed by atoms with Gasteiger partial charge in [0.1, 0.15) is 6.54 Å². The maximum Gasteiger partial charge on any atom is 0.246 e. The summed E-state index contributed by atoms with van der Waals surface area (Å²) in [4.78, 5) is 17.2. The van der Waals surface area contributed by atoms with Crippen molar-refractivity contribution < 1.29 is 4.79 Å². The minimum Gasteiger partial charge on any atom is -0.324 e. The van der Waals surface area contributed by atoms with Gasteiger partial charge in [0.25, 0.3) is 0 Å². The van der Waals surface area contributed by atoms with Gasteiger partial charge in [-0.15, -0.1) is 17.3 Å². The van der Waals surface area contributed by atoms with Gasteiger partial charge in [0, 0.05) is 11.1 Å². The van der Waals surface area contributed by atoms with Gasteiger partial charge < -0.3 is 5.32 Å². The molecule has 0 aliphatic carbocycles. The summed E-state index contributed by atoms with van der Waals surface area (Å²) in [7, 11) is 0. The highest BCUT2D eigenvalue weighted by molar-refractivity contribution is 7.12. The van der Waals surface area contributed by atoms with Crippen LogP contribution in [0.1, 0.15) is 22.9 Å². The van der Waals surface area contributed by atoms with Crippen molar-refractivity contribution in [3.63, 3.8) is 0 Å². The van der Waals surface area contributed by atoms with E-state index in [1.165, 1.54) is 0 Å². The number of amides is 1. The van der Waals surface area contributed by atoms with Crippen LogP contribution in [0.25, 0.3) is 0 Å². The molecule has 0 radical (unpaired) electrons. The molecule has 2 aromatic rings. The van der Waals surface area contributed by atoms with Gasteiger partial charge in [-0.2, -0.15) is 0 Å². The van der Waals surface area contributed by atoms with Crippen LogP contribution in [-0.4, -0.2) is 18.2 Å². The average Bonchev–Trinajstić information content (AvgIpc) is 2.90. The van der Waals surface area contributed by atoms with Crippen molar-refractivity contribution in [2.24, 2.45) is 4.99 Å². The Morgan fingerprint density at radius 1 is 1.35 bits per heavy atom. The van der Waals surface area contributed by atoms with Gasteiger partial charge in [0.15, 0.2) is 0 Å². The van der Waals surface area contributed by atoms with Gasteiger partial charge in [-0.25, -0.2) is 0 Å². The van der Waals surface area contributed by atoms with Gasteiger partial charge in [0.05, 0.1) is 16.3 Å². The highest BCUT2D eigenvalue weighted by Gasteiger charge is 2.18. The van der Waals surface area contributed by atoms with Crippen LogP contribution in [0, 0.1) is 11.8 Å². The normalized spacial score (nSPS) is 13.4. The first-order chi connectivity index (χ1) is 9.78. The van der Waals surface area contributed by atoms with Crippen LogP contribution in [0.4, 0.5) is 5.69 Å². The molecule has 1 N–H and O–H groups in total. The predicted molar refractivity (Wildman–Crippen MR) is 82.4 cm³/mol. The number of nitrogens with zero attached hydrogens (tertiary/aromatic N) is 1. The Morgan fingerprint density at radius 3 is 3.00 bits per heavy atom.